The van der Waals surface area contributed by atoms with E-state index in [2.05, 4.69) is 0 Å². The van der Waals surface area contributed by atoms with Crippen LogP contribution in [-0.4, -0.2) is 11.4 Å². The Morgan fingerprint density at radius 1 is 0.650 bits per heavy atom. The lowest BCUT2D eigenvalue weighted by Gasteiger charge is -2.18. The number of halogens is 5. The molecule has 0 unspecified atom stereocenters. The lowest BCUT2D eigenvalue weighted by atomic mass is 10.1. The second kappa shape index (κ2) is 5.44. The van der Waals surface area contributed by atoms with E-state index in [1.165, 1.54) is 24.3 Å². The maximum atomic E-state index is 12.9. The third-order valence-electron chi connectivity index (χ3n) is 2.54. The van der Waals surface area contributed by atoms with Gasteiger partial charge in [-0.05, 0) is 35.0 Å². The molecule has 0 radical (unpaired) electrons. The fourth-order valence-corrected chi connectivity index (χ4v) is 2.24. The monoisotopic (exact) mass is 304 g/mol. The Labute approximate surface area is 116 Å². The van der Waals surface area contributed by atoms with Gasteiger partial charge in [0.1, 0.15) is 0 Å². The molecule has 2 aromatic rings. The minimum absolute atomic E-state index is 0.132. The summed E-state index contributed by atoms with van der Waals surface area (Å²) in [5.74, 6) is 0. The first kappa shape index (κ1) is 14.8. The summed E-state index contributed by atoms with van der Waals surface area (Å²) in [5, 5.41) is -4.79. The highest BCUT2D eigenvalue weighted by Crippen LogP contribution is 2.47. The van der Waals surface area contributed by atoms with Crippen LogP contribution in [0.5, 0.6) is 0 Å². The van der Waals surface area contributed by atoms with Gasteiger partial charge in [-0.1, -0.05) is 42.5 Å². The number of benzene rings is 2. The van der Waals surface area contributed by atoms with Crippen LogP contribution in [-0.2, 0) is 0 Å². The third-order valence-corrected chi connectivity index (χ3v) is 3.53. The summed E-state index contributed by atoms with van der Waals surface area (Å²) in [4.78, 5) is -0.132. The lowest BCUT2D eigenvalue weighted by molar-refractivity contribution is -0.237. The topological polar surface area (TPSA) is 0 Å². The molecule has 0 nitrogen and oxygen atoms in total. The van der Waals surface area contributed by atoms with Crippen LogP contribution >= 0.6 is 11.8 Å². The van der Waals surface area contributed by atoms with Crippen molar-refractivity contribution in [1.82, 2.24) is 0 Å². The summed E-state index contributed by atoms with van der Waals surface area (Å²) in [6, 6.07) is 14.7. The Morgan fingerprint density at radius 2 is 1.15 bits per heavy atom. The first-order valence-corrected chi connectivity index (χ1v) is 6.40. The summed E-state index contributed by atoms with van der Waals surface area (Å²) in [5.41, 5.74) is 1.62. The standard InChI is InChI=1S/C14H9F5S/c15-13(16,17)14(18,19)20-12-8-6-11(7-9-12)10-4-2-1-3-5-10/h1-9H. The molecular formula is C14H9F5S. The minimum atomic E-state index is -5.56. The van der Waals surface area contributed by atoms with Crippen LogP contribution < -0.4 is 0 Å². The lowest BCUT2D eigenvalue weighted by Crippen LogP contribution is -2.32. The molecule has 2 aromatic carbocycles. The first-order chi connectivity index (χ1) is 9.29. The maximum absolute atomic E-state index is 12.9. The number of thioether (sulfide) groups is 1. The molecule has 0 aliphatic carbocycles. The summed E-state index contributed by atoms with van der Waals surface area (Å²) >= 11 is -0.502. The van der Waals surface area contributed by atoms with Crippen LogP contribution in [0.3, 0.4) is 0 Å². The molecule has 0 aliphatic rings. The van der Waals surface area contributed by atoms with Gasteiger partial charge in [0.15, 0.2) is 0 Å². The molecule has 6 heteroatoms. The van der Waals surface area contributed by atoms with Crippen LogP contribution in [0.4, 0.5) is 22.0 Å². The zero-order valence-corrected chi connectivity index (χ0v) is 10.8. The van der Waals surface area contributed by atoms with E-state index in [1.807, 2.05) is 30.3 Å². The van der Waals surface area contributed by atoms with Crippen molar-refractivity contribution in [2.75, 3.05) is 0 Å². The molecule has 2 rings (SSSR count). The average molecular weight is 304 g/mol. The molecule has 0 spiro atoms. The molecule has 0 atom stereocenters. The number of hydrogen-bond acceptors (Lipinski definition) is 1. The van der Waals surface area contributed by atoms with Gasteiger partial charge < -0.3 is 0 Å². The summed E-state index contributed by atoms with van der Waals surface area (Å²) in [7, 11) is 0. The van der Waals surface area contributed by atoms with Gasteiger partial charge in [-0.3, -0.25) is 0 Å². The van der Waals surface area contributed by atoms with Crippen molar-refractivity contribution in [2.24, 2.45) is 0 Å². The van der Waals surface area contributed by atoms with Crippen molar-refractivity contribution >= 4 is 11.8 Å². The quantitative estimate of drug-likeness (QED) is 0.525. The molecular weight excluding hydrogens is 295 g/mol. The van der Waals surface area contributed by atoms with Crippen molar-refractivity contribution in [2.45, 2.75) is 16.3 Å². The molecule has 106 valence electrons. The van der Waals surface area contributed by atoms with E-state index < -0.39 is 23.2 Å². The summed E-state index contributed by atoms with van der Waals surface area (Å²) in [6.45, 7) is 0. The Kier molecular flexibility index (Phi) is 4.04. The van der Waals surface area contributed by atoms with E-state index in [0.29, 0.717) is 0 Å². The van der Waals surface area contributed by atoms with Crippen LogP contribution in [0.1, 0.15) is 0 Å². The molecule has 0 amide bonds. The normalized spacial score (nSPS) is 12.4. The van der Waals surface area contributed by atoms with E-state index in [-0.39, 0.29) is 4.90 Å². The number of alkyl halides is 5. The van der Waals surface area contributed by atoms with Gasteiger partial charge in [0, 0.05) is 4.90 Å². The second-order valence-electron chi connectivity index (χ2n) is 4.01. The Morgan fingerprint density at radius 3 is 1.65 bits per heavy atom. The molecule has 0 fully saturated rings. The van der Waals surface area contributed by atoms with E-state index in [0.717, 1.165) is 11.1 Å². The number of rotatable bonds is 3. The van der Waals surface area contributed by atoms with E-state index in [9.17, 15) is 22.0 Å². The maximum Gasteiger partial charge on any atom is 0.464 e. The Hall–Kier alpha value is -1.56. The average Bonchev–Trinajstić information content (AvgIpc) is 2.39. The SMILES string of the molecule is FC(F)(F)C(F)(F)Sc1ccc(-c2ccccc2)cc1. The van der Waals surface area contributed by atoms with Crippen LogP contribution in [0.25, 0.3) is 11.1 Å². The summed E-state index contributed by atoms with van der Waals surface area (Å²) < 4.78 is 62.0. The fraction of sp³-hybridized carbons (Fsp3) is 0.143. The molecule has 0 aromatic heterocycles. The predicted molar refractivity (Wildman–Crippen MR) is 68.7 cm³/mol. The smallest absolute Gasteiger partial charge is 0.183 e. The van der Waals surface area contributed by atoms with Gasteiger partial charge in [-0.2, -0.15) is 22.0 Å². The van der Waals surface area contributed by atoms with Crippen LogP contribution in [0.2, 0.25) is 0 Å². The molecule has 0 saturated carbocycles. The van der Waals surface area contributed by atoms with Crippen molar-refractivity contribution in [3.05, 3.63) is 54.6 Å². The molecule has 0 heterocycles. The highest BCUT2D eigenvalue weighted by molar-refractivity contribution is 8.00. The number of hydrogen-bond donors (Lipinski definition) is 0. The van der Waals surface area contributed by atoms with E-state index >= 15 is 0 Å². The van der Waals surface area contributed by atoms with Crippen molar-refractivity contribution in [3.63, 3.8) is 0 Å². The largest absolute Gasteiger partial charge is 0.464 e. The first-order valence-electron chi connectivity index (χ1n) is 5.59. The van der Waals surface area contributed by atoms with Crippen LogP contribution in [0, 0.1) is 0 Å². The Bertz CT molecular complexity index is 560. The molecule has 0 saturated heterocycles. The zero-order valence-electron chi connectivity index (χ0n) is 9.99. The molecule has 0 aliphatic heterocycles. The van der Waals surface area contributed by atoms with E-state index in [4.69, 9.17) is 0 Å². The van der Waals surface area contributed by atoms with Crippen molar-refractivity contribution in [3.8, 4) is 11.1 Å². The fourth-order valence-electron chi connectivity index (χ4n) is 1.55. The molecule has 20 heavy (non-hydrogen) atoms. The van der Waals surface area contributed by atoms with Crippen LogP contribution in [0.15, 0.2) is 59.5 Å². The van der Waals surface area contributed by atoms with Crippen molar-refractivity contribution in [1.29, 1.82) is 0 Å². The van der Waals surface area contributed by atoms with Gasteiger partial charge >= 0.3 is 11.4 Å². The van der Waals surface area contributed by atoms with Gasteiger partial charge in [0.2, 0.25) is 0 Å². The third kappa shape index (κ3) is 3.30. The highest BCUT2D eigenvalue weighted by atomic mass is 32.2. The van der Waals surface area contributed by atoms with Gasteiger partial charge in [0.25, 0.3) is 0 Å². The predicted octanol–water partition coefficient (Wildman–Crippen LogP) is 5.60. The van der Waals surface area contributed by atoms with E-state index in [1.54, 1.807) is 0 Å². The zero-order chi connectivity index (χ0) is 14.8. The van der Waals surface area contributed by atoms with Gasteiger partial charge in [-0.15, -0.1) is 0 Å². The molecule has 0 N–H and O–H groups in total. The van der Waals surface area contributed by atoms with Crippen molar-refractivity contribution < 1.29 is 22.0 Å². The highest BCUT2D eigenvalue weighted by Gasteiger charge is 2.58. The van der Waals surface area contributed by atoms with Gasteiger partial charge in [0.05, 0.1) is 0 Å². The van der Waals surface area contributed by atoms with Gasteiger partial charge in [-0.25, -0.2) is 0 Å². The second-order valence-corrected chi connectivity index (χ2v) is 5.20. The minimum Gasteiger partial charge on any atom is -0.183 e. The molecule has 0 bridgehead atoms. The summed E-state index contributed by atoms with van der Waals surface area (Å²) in [6.07, 6.45) is -5.56. The Balaban J connectivity index is 2.18.